The number of carboxylic acid groups (broad SMARTS) is 1. The van der Waals surface area contributed by atoms with Crippen LogP contribution in [0.1, 0.15) is 48.5 Å². The fourth-order valence-electron chi connectivity index (χ4n) is 4.27. The molecule has 0 bridgehead atoms. The zero-order chi connectivity index (χ0) is 23.4. The van der Waals surface area contributed by atoms with Crippen molar-refractivity contribution in [2.45, 2.75) is 57.3 Å². The summed E-state index contributed by atoms with van der Waals surface area (Å²) in [7, 11) is 0. The van der Waals surface area contributed by atoms with Crippen molar-refractivity contribution in [3.63, 3.8) is 0 Å². The second-order valence-electron chi connectivity index (χ2n) is 8.04. The number of nitrogens with one attached hydrogen (secondary N) is 1. The van der Waals surface area contributed by atoms with Crippen molar-refractivity contribution >= 4 is 34.2 Å². The van der Waals surface area contributed by atoms with Gasteiger partial charge in [0.1, 0.15) is 11.0 Å². The Morgan fingerprint density at radius 1 is 1.22 bits per heavy atom. The minimum atomic E-state index is -1.05. The van der Waals surface area contributed by atoms with Crippen LogP contribution in [-0.2, 0) is 11.3 Å². The molecule has 0 radical (unpaired) electrons. The number of carboxylic acids is 1. The van der Waals surface area contributed by atoms with Crippen molar-refractivity contribution in [1.29, 1.82) is 0 Å². The van der Waals surface area contributed by atoms with Crippen LogP contribution in [0.3, 0.4) is 0 Å². The Labute approximate surface area is 190 Å². The Morgan fingerprint density at radius 3 is 2.47 bits per heavy atom. The molecule has 2 aromatic rings. The first kappa shape index (κ1) is 23.7. The van der Waals surface area contributed by atoms with E-state index in [9.17, 15) is 24.6 Å². The van der Waals surface area contributed by atoms with Crippen molar-refractivity contribution in [1.82, 2.24) is 4.90 Å². The molecule has 1 aromatic heterocycles. The molecule has 7 N–H and O–H groups in total. The number of aliphatic carboxylic acids is 1. The van der Waals surface area contributed by atoms with Gasteiger partial charge in [-0.3, -0.25) is 19.8 Å². The van der Waals surface area contributed by atoms with Gasteiger partial charge in [-0.15, -0.1) is 11.3 Å². The van der Waals surface area contributed by atoms with Crippen LogP contribution in [0, 0.1) is 0 Å². The first-order valence-corrected chi connectivity index (χ1v) is 11.2. The number of carbonyl (C=O) groups excluding carboxylic acids is 2. The number of urea groups is 1. The Morgan fingerprint density at radius 2 is 1.91 bits per heavy atom. The Hall–Kier alpha value is -2.95. The maximum atomic E-state index is 11.9. The maximum Gasteiger partial charge on any atom is 0.323 e. The standard InChI is InChI=1S/C22H28N4O5S/c1-12(27)18(21(29)30)26(15-7-2-3-8-15)11-13-5-4-6-14(9-13)17-10-16(19(23)28)20(32-17)25-22(24)31/h4-6,9-10,12,15,18,27H,2-3,7-8,11H2,1H3,(H2,23,28)(H,29,30)(H3,24,25,31)/t12-,18+/m1/s1. The number of thiophene rings is 1. The van der Waals surface area contributed by atoms with Crippen LogP contribution in [0.2, 0.25) is 0 Å². The molecule has 3 rings (SSSR count). The highest BCUT2D eigenvalue weighted by Crippen LogP contribution is 2.36. The first-order valence-electron chi connectivity index (χ1n) is 10.4. The van der Waals surface area contributed by atoms with E-state index in [0.717, 1.165) is 36.8 Å². The average molecular weight is 461 g/mol. The number of anilines is 1. The smallest absolute Gasteiger partial charge is 0.323 e. The molecular formula is C22H28N4O5S. The number of hydrogen-bond donors (Lipinski definition) is 5. The van der Waals surface area contributed by atoms with Crippen molar-refractivity contribution in [3.05, 3.63) is 41.5 Å². The van der Waals surface area contributed by atoms with Gasteiger partial charge >= 0.3 is 12.0 Å². The van der Waals surface area contributed by atoms with Gasteiger partial charge in [-0.05, 0) is 43.0 Å². The van der Waals surface area contributed by atoms with Crippen LogP contribution >= 0.6 is 11.3 Å². The Bertz CT molecular complexity index is 1000. The van der Waals surface area contributed by atoms with E-state index in [4.69, 9.17) is 11.5 Å². The summed E-state index contributed by atoms with van der Waals surface area (Å²) in [4.78, 5) is 37.5. The number of nitrogens with zero attached hydrogens (tertiary/aromatic N) is 1. The lowest BCUT2D eigenvalue weighted by atomic mass is 10.0. The molecule has 1 aliphatic carbocycles. The zero-order valence-electron chi connectivity index (χ0n) is 17.8. The second kappa shape index (κ2) is 10.1. The van der Waals surface area contributed by atoms with Crippen molar-refractivity contribution < 1.29 is 24.6 Å². The quantitative estimate of drug-likeness (QED) is 0.387. The number of nitrogens with two attached hydrogens (primary N) is 2. The normalized spacial score (nSPS) is 16.1. The average Bonchev–Trinajstić information content (AvgIpc) is 3.37. The fraction of sp³-hybridized carbons (Fsp3) is 0.409. The van der Waals surface area contributed by atoms with E-state index in [0.29, 0.717) is 11.4 Å². The van der Waals surface area contributed by atoms with Crippen LogP contribution in [-0.4, -0.2) is 51.2 Å². The minimum absolute atomic E-state index is 0.0870. The van der Waals surface area contributed by atoms with Gasteiger partial charge in [-0.2, -0.15) is 0 Å². The molecular weight excluding hydrogens is 432 g/mol. The first-order chi connectivity index (χ1) is 15.2. The van der Waals surface area contributed by atoms with E-state index >= 15 is 0 Å². The van der Waals surface area contributed by atoms with E-state index < -0.39 is 30.1 Å². The van der Waals surface area contributed by atoms with Crippen LogP contribution < -0.4 is 16.8 Å². The predicted molar refractivity (Wildman–Crippen MR) is 122 cm³/mol. The second-order valence-corrected chi connectivity index (χ2v) is 9.09. The maximum absolute atomic E-state index is 11.9. The molecule has 1 fully saturated rings. The predicted octanol–water partition coefficient (Wildman–Crippen LogP) is 2.58. The fourth-order valence-corrected chi connectivity index (χ4v) is 5.33. The number of aliphatic hydroxyl groups is 1. The van der Waals surface area contributed by atoms with Crippen LogP contribution in [0.5, 0.6) is 0 Å². The summed E-state index contributed by atoms with van der Waals surface area (Å²) in [6.45, 7) is 1.86. The van der Waals surface area contributed by atoms with Gasteiger partial charge in [0, 0.05) is 17.5 Å². The number of benzene rings is 1. The molecule has 2 atom stereocenters. The molecule has 0 saturated heterocycles. The lowest BCUT2D eigenvalue weighted by Gasteiger charge is -2.35. The number of carbonyl (C=O) groups is 3. The topological polar surface area (TPSA) is 159 Å². The lowest BCUT2D eigenvalue weighted by Crippen LogP contribution is -2.51. The third kappa shape index (κ3) is 5.45. The van der Waals surface area contributed by atoms with Gasteiger partial charge in [-0.25, -0.2) is 4.79 Å². The molecule has 32 heavy (non-hydrogen) atoms. The largest absolute Gasteiger partial charge is 0.480 e. The van der Waals surface area contributed by atoms with E-state index in [2.05, 4.69) is 5.32 Å². The van der Waals surface area contributed by atoms with Crippen LogP contribution in [0.4, 0.5) is 9.80 Å². The third-order valence-corrected chi connectivity index (χ3v) is 6.77. The number of hydrogen-bond acceptors (Lipinski definition) is 6. The summed E-state index contributed by atoms with van der Waals surface area (Å²) >= 11 is 1.18. The summed E-state index contributed by atoms with van der Waals surface area (Å²) < 4.78 is 0. The van der Waals surface area contributed by atoms with E-state index in [-0.39, 0.29) is 16.6 Å². The molecule has 1 saturated carbocycles. The zero-order valence-corrected chi connectivity index (χ0v) is 18.6. The molecule has 0 aliphatic heterocycles. The molecule has 0 spiro atoms. The van der Waals surface area contributed by atoms with Gasteiger partial charge < -0.3 is 21.7 Å². The lowest BCUT2D eigenvalue weighted by molar-refractivity contribution is -0.149. The van der Waals surface area contributed by atoms with Crippen molar-refractivity contribution in [2.75, 3.05) is 5.32 Å². The van der Waals surface area contributed by atoms with Gasteiger partial charge in [-0.1, -0.05) is 31.0 Å². The molecule has 172 valence electrons. The molecule has 0 unspecified atom stereocenters. The van der Waals surface area contributed by atoms with E-state index in [1.165, 1.54) is 18.3 Å². The number of primary amides is 2. The monoisotopic (exact) mass is 460 g/mol. The van der Waals surface area contributed by atoms with Crippen molar-refractivity contribution in [3.8, 4) is 10.4 Å². The van der Waals surface area contributed by atoms with Crippen LogP contribution in [0.15, 0.2) is 30.3 Å². The van der Waals surface area contributed by atoms with E-state index in [1.54, 1.807) is 6.07 Å². The highest BCUT2D eigenvalue weighted by atomic mass is 32.1. The van der Waals surface area contributed by atoms with E-state index in [1.807, 2.05) is 29.2 Å². The highest BCUT2D eigenvalue weighted by Gasteiger charge is 2.36. The number of rotatable bonds is 9. The Balaban J connectivity index is 1.93. The number of amides is 3. The van der Waals surface area contributed by atoms with Crippen molar-refractivity contribution in [2.24, 2.45) is 11.5 Å². The molecule has 10 heteroatoms. The van der Waals surface area contributed by atoms with Gasteiger partial charge in [0.05, 0.1) is 11.7 Å². The molecule has 9 nitrogen and oxygen atoms in total. The third-order valence-electron chi connectivity index (χ3n) is 5.67. The summed E-state index contributed by atoms with van der Waals surface area (Å²) in [6.07, 6.45) is 2.84. The SMILES string of the molecule is C[C@@H](O)[C@@H](C(=O)O)N(Cc1cccc(-c2cc(C(N)=O)c(NC(N)=O)s2)c1)C1CCCC1. The van der Waals surface area contributed by atoms with Gasteiger partial charge in [0.2, 0.25) is 0 Å². The summed E-state index contributed by atoms with van der Waals surface area (Å²) in [5, 5.41) is 22.6. The molecule has 3 amide bonds. The minimum Gasteiger partial charge on any atom is -0.480 e. The van der Waals surface area contributed by atoms with Gasteiger partial charge in [0.25, 0.3) is 5.91 Å². The Kier molecular flexibility index (Phi) is 7.49. The summed E-state index contributed by atoms with van der Waals surface area (Å²) in [5.41, 5.74) is 12.5. The number of aliphatic hydroxyl groups excluding tert-OH is 1. The molecule has 1 aliphatic rings. The highest BCUT2D eigenvalue weighted by molar-refractivity contribution is 7.20. The molecule has 1 aromatic carbocycles. The molecule has 1 heterocycles. The van der Waals surface area contributed by atoms with Crippen LogP contribution in [0.25, 0.3) is 10.4 Å². The summed E-state index contributed by atoms with van der Waals surface area (Å²) in [5.74, 6) is -1.73. The van der Waals surface area contributed by atoms with Gasteiger partial charge in [0.15, 0.2) is 0 Å². The summed E-state index contributed by atoms with van der Waals surface area (Å²) in [6, 6.07) is 7.41.